The van der Waals surface area contributed by atoms with Gasteiger partial charge in [-0.15, -0.1) is 0 Å². The molecule has 1 unspecified atom stereocenters. The molecule has 2 amide bonds. The third-order valence-corrected chi connectivity index (χ3v) is 4.37. The lowest BCUT2D eigenvalue weighted by molar-refractivity contribution is -0.144. The van der Waals surface area contributed by atoms with Gasteiger partial charge in [0.25, 0.3) is 0 Å². The van der Waals surface area contributed by atoms with Crippen LogP contribution in [0.25, 0.3) is 0 Å². The molecule has 0 radical (unpaired) electrons. The maximum Gasteiger partial charge on any atom is 0.243 e. The summed E-state index contributed by atoms with van der Waals surface area (Å²) in [5.41, 5.74) is 3.88. The van der Waals surface area contributed by atoms with Crippen molar-refractivity contribution >= 4 is 11.8 Å². The van der Waals surface area contributed by atoms with Gasteiger partial charge in [0.1, 0.15) is 5.41 Å². The Bertz CT molecular complexity index is 434. The average molecular weight is 249 g/mol. The van der Waals surface area contributed by atoms with Crippen LogP contribution in [-0.2, 0) is 9.59 Å². The van der Waals surface area contributed by atoms with E-state index in [2.05, 4.69) is 6.07 Å². The van der Waals surface area contributed by atoms with Crippen molar-refractivity contribution in [2.45, 2.75) is 33.1 Å². The van der Waals surface area contributed by atoms with Crippen LogP contribution in [0.5, 0.6) is 0 Å². The number of carbonyl (C=O) groups is 2. The summed E-state index contributed by atoms with van der Waals surface area (Å²) in [7, 11) is 0. The van der Waals surface area contributed by atoms with Crippen LogP contribution in [0.2, 0.25) is 0 Å². The van der Waals surface area contributed by atoms with E-state index in [9.17, 15) is 14.9 Å². The molecule has 0 spiro atoms. The number of rotatable bonds is 2. The van der Waals surface area contributed by atoms with Crippen LogP contribution < -0.4 is 5.73 Å². The second-order valence-electron chi connectivity index (χ2n) is 6.11. The molecule has 2 aliphatic rings. The highest BCUT2D eigenvalue weighted by atomic mass is 16.2. The van der Waals surface area contributed by atoms with Crippen LogP contribution in [0.3, 0.4) is 0 Å². The lowest BCUT2D eigenvalue weighted by atomic mass is 9.63. The van der Waals surface area contributed by atoms with Crippen molar-refractivity contribution in [2.24, 2.45) is 22.5 Å². The molecule has 5 nitrogen and oxygen atoms in total. The van der Waals surface area contributed by atoms with E-state index < -0.39 is 10.8 Å². The van der Waals surface area contributed by atoms with Gasteiger partial charge in [0.2, 0.25) is 11.8 Å². The van der Waals surface area contributed by atoms with Crippen LogP contribution in [-0.4, -0.2) is 29.8 Å². The fourth-order valence-corrected chi connectivity index (χ4v) is 3.08. The Morgan fingerprint density at radius 3 is 2.44 bits per heavy atom. The van der Waals surface area contributed by atoms with Crippen molar-refractivity contribution in [3.8, 4) is 6.07 Å². The van der Waals surface area contributed by atoms with Gasteiger partial charge in [-0.3, -0.25) is 9.59 Å². The second kappa shape index (κ2) is 3.98. The zero-order chi connectivity index (χ0) is 13.6. The summed E-state index contributed by atoms with van der Waals surface area (Å²) in [5, 5.41) is 9.24. The summed E-state index contributed by atoms with van der Waals surface area (Å²) in [4.78, 5) is 25.4. The summed E-state index contributed by atoms with van der Waals surface area (Å²) in [6.45, 7) is 4.69. The first-order chi connectivity index (χ1) is 8.33. The summed E-state index contributed by atoms with van der Waals surface area (Å²) in [6, 6.07) is 2.17. The van der Waals surface area contributed by atoms with Crippen LogP contribution in [0.4, 0.5) is 0 Å². The number of hydrogen-bond acceptors (Lipinski definition) is 3. The van der Waals surface area contributed by atoms with E-state index in [0.717, 1.165) is 0 Å². The first-order valence-electron chi connectivity index (χ1n) is 6.33. The Hall–Kier alpha value is -1.57. The summed E-state index contributed by atoms with van der Waals surface area (Å²) in [6.07, 6.45) is 1.85. The van der Waals surface area contributed by atoms with Gasteiger partial charge in [-0.1, -0.05) is 6.92 Å². The molecule has 1 atom stereocenters. The lowest BCUT2D eigenvalue weighted by Gasteiger charge is -2.41. The predicted octanol–water partition coefficient (Wildman–Crippen LogP) is 0.650. The molecule has 1 heterocycles. The van der Waals surface area contributed by atoms with Gasteiger partial charge in [0.15, 0.2) is 0 Å². The van der Waals surface area contributed by atoms with Gasteiger partial charge in [-0.25, -0.2) is 0 Å². The van der Waals surface area contributed by atoms with Gasteiger partial charge < -0.3 is 10.6 Å². The van der Waals surface area contributed by atoms with Crippen molar-refractivity contribution in [2.75, 3.05) is 13.1 Å². The Labute approximate surface area is 107 Å². The predicted molar refractivity (Wildman–Crippen MR) is 64.9 cm³/mol. The Kier molecular flexibility index (Phi) is 2.84. The van der Waals surface area contributed by atoms with Gasteiger partial charge in [-0.05, 0) is 32.1 Å². The third kappa shape index (κ3) is 1.76. The molecule has 5 heteroatoms. The molecule has 0 aromatic rings. The highest BCUT2D eigenvalue weighted by molar-refractivity contribution is 5.88. The quantitative estimate of drug-likeness (QED) is 0.779. The molecule has 1 saturated carbocycles. The zero-order valence-electron chi connectivity index (χ0n) is 10.9. The Morgan fingerprint density at radius 2 is 2.06 bits per heavy atom. The number of primary amides is 1. The normalized spacial score (nSPS) is 38.9. The van der Waals surface area contributed by atoms with Gasteiger partial charge in [0.05, 0.1) is 11.5 Å². The van der Waals surface area contributed by atoms with E-state index in [4.69, 9.17) is 5.73 Å². The fourth-order valence-electron chi connectivity index (χ4n) is 3.08. The van der Waals surface area contributed by atoms with Gasteiger partial charge >= 0.3 is 0 Å². The molecule has 2 rings (SSSR count). The molecule has 98 valence electrons. The number of amides is 2. The highest BCUT2D eigenvalue weighted by Gasteiger charge is 2.53. The highest BCUT2D eigenvalue weighted by Crippen LogP contribution is 2.47. The zero-order valence-corrected chi connectivity index (χ0v) is 10.9. The van der Waals surface area contributed by atoms with E-state index in [0.29, 0.717) is 38.3 Å². The number of nitrogens with zero attached hydrogens (tertiary/aromatic N) is 2. The average Bonchev–Trinajstić information content (AvgIpc) is 2.68. The van der Waals surface area contributed by atoms with Crippen LogP contribution in [0.15, 0.2) is 0 Å². The van der Waals surface area contributed by atoms with Crippen molar-refractivity contribution in [1.29, 1.82) is 5.26 Å². The number of likely N-dealkylation sites (tertiary alicyclic amines) is 1. The first kappa shape index (κ1) is 12.9. The summed E-state index contributed by atoms with van der Waals surface area (Å²) < 4.78 is 0. The topological polar surface area (TPSA) is 87.2 Å². The van der Waals surface area contributed by atoms with E-state index in [1.54, 1.807) is 11.8 Å². The number of hydrogen-bond donors (Lipinski definition) is 1. The van der Waals surface area contributed by atoms with E-state index in [1.165, 1.54) is 0 Å². The second-order valence-corrected chi connectivity index (χ2v) is 6.11. The molecule has 0 aromatic carbocycles. The molecule has 2 fully saturated rings. The SMILES string of the molecule is CC1CC(C#N)(C(=O)N2CCC(C)(C(N)=O)C2)C1. The van der Waals surface area contributed by atoms with Crippen molar-refractivity contribution < 1.29 is 9.59 Å². The van der Waals surface area contributed by atoms with Gasteiger partial charge in [-0.2, -0.15) is 5.26 Å². The molecule has 1 saturated heterocycles. The molecule has 2 N–H and O–H groups in total. The van der Waals surface area contributed by atoms with Crippen molar-refractivity contribution in [3.05, 3.63) is 0 Å². The minimum absolute atomic E-state index is 0.118. The van der Waals surface area contributed by atoms with Crippen molar-refractivity contribution in [1.82, 2.24) is 4.90 Å². The standard InChI is InChI=1S/C13H19N3O2/c1-9-5-13(6-9,7-14)11(18)16-4-3-12(2,8-16)10(15)17/h9H,3-6,8H2,1-2H3,(H2,15,17). The largest absolute Gasteiger partial charge is 0.369 e. The molecule has 0 aromatic heterocycles. The van der Waals surface area contributed by atoms with Crippen LogP contribution in [0, 0.1) is 28.1 Å². The fraction of sp³-hybridized carbons (Fsp3) is 0.769. The Morgan fingerprint density at radius 1 is 1.44 bits per heavy atom. The molecular formula is C13H19N3O2. The minimum Gasteiger partial charge on any atom is -0.369 e. The maximum atomic E-state index is 12.4. The summed E-state index contributed by atoms with van der Waals surface area (Å²) in [5.74, 6) is -0.0578. The monoisotopic (exact) mass is 249 g/mol. The van der Waals surface area contributed by atoms with Crippen molar-refractivity contribution in [3.63, 3.8) is 0 Å². The third-order valence-electron chi connectivity index (χ3n) is 4.37. The van der Waals surface area contributed by atoms with E-state index in [1.807, 2.05) is 6.92 Å². The van der Waals surface area contributed by atoms with Crippen LogP contribution >= 0.6 is 0 Å². The molecule has 1 aliphatic heterocycles. The Balaban J connectivity index is 2.09. The number of carbonyl (C=O) groups excluding carboxylic acids is 2. The molecule has 18 heavy (non-hydrogen) atoms. The summed E-state index contributed by atoms with van der Waals surface area (Å²) >= 11 is 0. The van der Waals surface area contributed by atoms with Gasteiger partial charge in [0, 0.05) is 13.1 Å². The number of nitriles is 1. The molecule has 0 bridgehead atoms. The first-order valence-corrected chi connectivity index (χ1v) is 6.33. The smallest absolute Gasteiger partial charge is 0.243 e. The molecular weight excluding hydrogens is 230 g/mol. The molecule has 1 aliphatic carbocycles. The lowest BCUT2D eigenvalue weighted by Crippen LogP contribution is -2.50. The maximum absolute atomic E-state index is 12.4. The van der Waals surface area contributed by atoms with Crippen LogP contribution in [0.1, 0.15) is 33.1 Å². The minimum atomic E-state index is -0.845. The van der Waals surface area contributed by atoms with E-state index in [-0.39, 0.29) is 11.8 Å². The van der Waals surface area contributed by atoms with E-state index >= 15 is 0 Å². The number of nitrogens with two attached hydrogens (primary N) is 1.